The van der Waals surface area contributed by atoms with E-state index in [0.29, 0.717) is 10.8 Å². The number of hydrogen-bond donors (Lipinski definition) is 2. The molecule has 18 heavy (non-hydrogen) atoms. The number of aliphatic hydroxyl groups is 1. The van der Waals surface area contributed by atoms with Gasteiger partial charge in [0, 0.05) is 17.1 Å². The molecule has 2 aromatic rings. The summed E-state index contributed by atoms with van der Waals surface area (Å²) in [6.07, 6.45) is 0. The fourth-order valence-corrected chi connectivity index (χ4v) is 2.71. The Kier molecular flexibility index (Phi) is 3.01. The third-order valence-corrected chi connectivity index (χ3v) is 3.78. The first-order valence-electron chi connectivity index (χ1n) is 5.45. The van der Waals surface area contributed by atoms with Crippen molar-refractivity contribution in [3.05, 3.63) is 45.3 Å². The molecule has 0 saturated heterocycles. The number of fused-ring (bicyclic) bond motifs is 1. The first kappa shape index (κ1) is 11.6. The minimum Gasteiger partial charge on any atom is -0.507 e. The van der Waals surface area contributed by atoms with E-state index in [9.17, 15) is 5.11 Å². The molecule has 2 aromatic heterocycles. The predicted octanol–water partition coefficient (Wildman–Crippen LogP) is 2.61. The van der Waals surface area contributed by atoms with Gasteiger partial charge in [0.05, 0.1) is 0 Å². The number of nitrogens with zero attached hydrogens (tertiary/aromatic N) is 1. The maximum Gasteiger partial charge on any atom is 0.192 e. The van der Waals surface area contributed by atoms with Gasteiger partial charge in [-0.25, -0.2) is 4.98 Å². The van der Waals surface area contributed by atoms with Gasteiger partial charge in [0.25, 0.3) is 0 Å². The van der Waals surface area contributed by atoms with Crippen LogP contribution in [0.3, 0.4) is 0 Å². The topological polar surface area (TPSA) is 45.1 Å². The highest BCUT2D eigenvalue weighted by Crippen LogP contribution is 2.21. The molecule has 1 radical (unpaired) electrons. The van der Waals surface area contributed by atoms with Gasteiger partial charge in [-0.15, -0.1) is 11.3 Å². The van der Waals surface area contributed by atoms with Gasteiger partial charge in [-0.1, -0.05) is 23.6 Å². The molecule has 1 aliphatic heterocycles. The van der Waals surface area contributed by atoms with Gasteiger partial charge in [0.2, 0.25) is 0 Å². The zero-order valence-corrected chi connectivity index (χ0v) is 10.9. The molecule has 3 nitrogen and oxygen atoms in total. The largest absolute Gasteiger partial charge is 0.507 e. The standard InChI is InChI=1S/C12H9BClN2OS/c14-10-4-8(15-6-7-2-1-3-18-7)11-12(16-10)9(17)5-13-11/h1-5,17H,6H2,(H,15,16). The summed E-state index contributed by atoms with van der Waals surface area (Å²) in [5.41, 5.74) is 2.31. The summed E-state index contributed by atoms with van der Waals surface area (Å²) in [5, 5.41) is 15.4. The van der Waals surface area contributed by atoms with Crippen molar-refractivity contribution in [3.8, 4) is 0 Å². The summed E-state index contributed by atoms with van der Waals surface area (Å²) in [4.78, 5) is 5.36. The molecule has 0 fully saturated rings. The zero-order chi connectivity index (χ0) is 12.5. The normalized spacial score (nSPS) is 12.8. The quantitative estimate of drug-likeness (QED) is 0.668. The lowest BCUT2D eigenvalue weighted by atomic mass is 9.73. The van der Waals surface area contributed by atoms with Gasteiger partial charge < -0.3 is 10.4 Å². The third-order valence-electron chi connectivity index (χ3n) is 2.71. The van der Waals surface area contributed by atoms with Gasteiger partial charge in [-0.05, 0) is 23.0 Å². The number of thiophene rings is 1. The minimum atomic E-state index is 0.159. The van der Waals surface area contributed by atoms with Crippen molar-refractivity contribution < 1.29 is 5.11 Å². The molecular weight excluding hydrogens is 266 g/mol. The Morgan fingerprint density at radius 3 is 3.17 bits per heavy atom. The van der Waals surface area contributed by atoms with Crippen LogP contribution >= 0.6 is 22.9 Å². The van der Waals surface area contributed by atoms with Crippen LogP contribution in [0.2, 0.25) is 5.15 Å². The van der Waals surface area contributed by atoms with Gasteiger partial charge in [-0.2, -0.15) is 0 Å². The van der Waals surface area contributed by atoms with E-state index >= 15 is 0 Å². The molecule has 3 rings (SSSR count). The molecule has 1 aliphatic rings. The molecule has 0 atom stereocenters. The van der Waals surface area contributed by atoms with E-state index < -0.39 is 0 Å². The van der Waals surface area contributed by atoms with Crippen molar-refractivity contribution >= 4 is 47.1 Å². The maximum absolute atomic E-state index is 9.67. The van der Waals surface area contributed by atoms with E-state index in [4.69, 9.17) is 11.6 Å². The van der Waals surface area contributed by atoms with Gasteiger partial charge in [0.15, 0.2) is 7.28 Å². The van der Waals surface area contributed by atoms with Crippen LogP contribution in [0.15, 0.2) is 29.6 Å². The number of halogens is 1. The van der Waals surface area contributed by atoms with E-state index in [2.05, 4.69) is 16.4 Å². The number of pyridine rings is 1. The zero-order valence-electron chi connectivity index (χ0n) is 9.35. The fraction of sp³-hybridized carbons (Fsp3) is 0.0833. The lowest BCUT2D eigenvalue weighted by molar-refractivity contribution is 0.511. The Balaban J connectivity index is 1.87. The first-order valence-corrected chi connectivity index (χ1v) is 6.71. The Bertz CT molecular complexity index is 613. The Labute approximate surface area is 114 Å². The fourth-order valence-electron chi connectivity index (χ4n) is 1.87. The van der Waals surface area contributed by atoms with Crippen molar-refractivity contribution in [3.63, 3.8) is 0 Å². The van der Waals surface area contributed by atoms with Crippen LogP contribution in [0.1, 0.15) is 10.6 Å². The smallest absolute Gasteiger partial charge is 0.192 e. The highest BCUT2D eigenvalue weighted by Gasteiger charge is 2.20. The summed E-state index contributed by atoms with van der Waals surface area (Å²) in [5.74, 6) is 1.79. The second-order valence-electron chi connectivity index (χ2n) is 3.91. The Hall–Kier alpha value is -1.46. The van der Waals surface area contributed by atoms with Crippen LogP contribution < -0.4 is 10.8 Å². The van der Waals surface area contributed by atoms with Crippen LogP contribution in [0.25, 0.3) is 5.76 Å². The third kappa shape index (κ3) is 2.11. The molecule has 0 spiro atoms. The molecular formula is C12H9BClN2OS. The summed E-state index contributed by atoms with van der Waals surface area (Å²) >= 11 is 7.65. The van der Waals surface area contributed by atoms with E-state index in [1.807, 2.05) is 18.7 Å². The number of rotatable bonds is 3. The van der Waals surface area contributed by atoms with Gasteiger partial charge >= 0.3 is 0 Å². The highest BCUT2D eigenvalue weighted by atomic mass is 35.5. The van der Waals surface area contributed by atoms with Crippen LogP contribution in [0, 0.1) is 0 Å². The first-order chi connectivity index (χ1) is 8.74. The molecule has 6 heteroatoms. The van der Waals surface area contributed by atoms with Crippen LogP contribution in [0.5, 0.6) is 0 Å². The van der Waals surface area contributed by atoms with Crippen LogP contribution in [-0.2, 0) is 6.54 Å². The van der Waals surface area contributed by atoms with E-state index in [1.165, 1.54) is 4.88 Å². The molecule has 0 aliphatic carbocycles. The molecule has 0 saturated carbocycles. The Morgan fingerprint density at radius 1 is 1.50 bits per heavy atom. The number of aliphatic hydroxyl groups excluding tert-OH is 1. The summed E-state index contributed by atoms with van der Waals surface area (Å²) in [6.45, 7) is 0.735. The second-order valence-corrected chi connectivity index (χ2v) is 5.33. The number of anilines is 1. The lowest BCUT2D eigenvalue weighted by Gasteiger charge is -2.11. The molecule has 0 aromatic carbocycles. The SMILES string of the molecule is OC1=C[B]c2c(NCc3cccs3)cc(Cl)nc21. The van der Waals surface area contributed by atoms with Crippen molar-refractivity contribution in [1.29, 1.82) is 0 Å². The van der Waals surface area contributed by atoms with Crippen molar-refractivity contribution in [2.24, 2.45) is 0 Å². The average molecular weight is 276 g/mol. The molecule has 2 N–H and O–H groups in total. The van der Waals surface area contributed by atoms with Gasteiger partial charge in [-0.3, -0.25) is 0 Å². The molecule has 3 heterocycles. The van der Waals surface area contributed by atoms with E-state index in [-0.39, 0.29) is 5.76 Å². The monoisotopic (exact) mass is 275 g/mol. The molecule has 0 unspecified atom stereocenters. The maximum atomic E-state index is 9.67. The lowest BCUT2D eigenvalue weighted by Crippen LogP contribution is -2.19. The molecule has 89 valence electrons. The van der Waals surface area contributed by atoms with Crippen molar-refractivity contribution in [2.45, 2.75) is 6.54 Å². The summed E-state index contributed by atoms with van der Waals surface area (Å²) in [7, 11) is 1.84. The Morgan fingerprint density at radius 2 is 2.39 bits per heavy atom. The average Bonchev–Trinajstić information content (AvgIpc) is 2.97. The molecule has 0 bridgehead atoms. The van der Waals surface area contributed by atoms with Crippen LogP contribution in [0.4, 0.5) is 5.69 Å². The summed E-state index contributed by atoms with van der Waals surface area (Å²) < 4.78 is 0. The van der Waals surface area contributed by atoms with E-state index in [0.717, 1.165) is 17.7 Å². The minimum absolute atomic E-state index is 0.159. The number of hydrogen-bond acceptors (Lipinski definition) is 4. The second kappa shape index (κ2) is 4.67. The number of nitrogens with one attached hydrogen (secondary N) is 1. The number of aromatic nitrogens is 1. The van der Waals surface area contributed by atoms with Gasteiger partial charge in [0.1, 0.15) is 16.6 Å². The molecule has 0 amide bonds. The van der Waals surface area contributed by atoms with Crippen LogP contribution in [-0.4, -0.2) is 17.4 Å². The predicted molar refractivity (Wildman–Crippen MR) is 76.9 cm³/mol. The van der Waals surface area contributed by atoms with Crippen molar-refractivity contribution in [1.82, 2.24) is 4.98 Å². The van der Waals surface area contributed by atoms with E-state index in [1.54, 1.807) is 23.4 Å². The highest BCUT2D eigenvalue weighted by molar-refractivity contribution is 7.09. The summed E-state index contributed by atoms with van der Waals surface area (Å²) in [6, 6.07) is 5.86. The van der Waals surface area contributed by atoms with Crippen molar-refractivity contribution in [2.75, 3.05) is 5.32 Å².